The first-order chi connectivity index (χ1) is 10.1. The van der Waals surface area contributed by atoms with Crippen LogP contribution in [-0.2, 0) is 29.4 Å². The summed E-state index contributed by atoms with van der Waals surface area (Å²) in [5.74, 6) is -0.394. The summed E-state index contributed by atoms with van der Waals surface area (Å²) in [4.78, 5) is 0. The lowest BCUT2D eigenvalue weighted by Gasteiger charge is -2.12. The van der Waals surface area contributed by atoms with Crippen molar-refractivity contribution in [1.82, 2.24) is 4.72 Å². The van der Waals surface area contributed by atoms with Crippen LogP contribution in [0, 0.1) is 5.82 Å². The van der Waals surface area contributed by atoms with Crippen molar-refractivity contribution < 1.29 is 12.8 Å². The molecule has 1 N–H and O–H groups in total. The van der Waals surface area contributed by atoms with Gasteiger partial charge in [0.1, 0.15) is 5.82 Å². The Labute approximate surface area is 123 Å². The van der Waals surface area contributed by atoms with E-state index in [9.17, 15) is 12.8 Å². The first kappa shape index (κ1) is 14.2. The monoisotopic (exact) mass is 305 g/mol. The minimum atomic E-state index is -3.46. The fourth-order valence-electron chi connectivity index (χ4n) is 2.68. The Kier molecular flexibility index (Phi) is 3.78. The molecule has 0 bridgehead atoms. The zero-order valence-electron chi connectivity index (χ0n) is 11.4. The maximum Gasteiger partial charge on any atom is 0.215 e. The molecule has 0 atom stereocenters. The van der Waals surface area contributed by atoms with E-state index in [4.69, 9.17) is 0 Å². The van der Waals surface area contributed by atoms with Crippen molar-refractivity contribution in [2.24, 2.45) is 0 Å². The topological polar surface area (TPSA) is 46.2 Å². The number of benzene rings is 2. The summed E-state index contributed by atoms with van der Waals surface area (Å²) < 4.78 is 40.8. The Balaban J connectivity index is 1.70. The largest absolute Gasteiger partial charge is 0.215 e. The lowest BCUT2D eigenvalue weighted by Crippen LogP contribution is -2.34. The maximum atomic E-state index is 13.5. The zero-order valence-corrected chi connectivity index (χ0v) is 12.2. The molecule has 0 amide bonds. The molecule has 0 aromatic heterocycles. The number of halogens is 1. The minimum Gasteiger partial charge on any atom is -0.212 e. The van der Waals surface area contributed by atoms with Crippen LogP contribution in [0.1, 0.15) is 16.7 Å². The second-order valence-corrected chi connectivity index (χ2v) is 7.30. The molecule has 0 aliphatic heterocycles. The van der Waals surface area contributed by atoms with Crippen molar-refractivity contribution in [3.05, 3.63) is 71.0 Å². The highest BCUT2D eigenvalue weighted by Crippen LogP contribution is 2.26. The predicted octanol–water partition coefficient (Wildman–Crippen LogP) is 2.41. The van der Waals surface area contributed by atoms with Crippen LogP contribution in [0.25, 0.3) is 0 Å². The lowest BCUT2D eigenvalue weighted by atomic mass is 10.1. The molecule has 0 saturated carbocycles. The van der Waals surface area contributed by atoms with Crippen LogP contribution >= 0.6 is 0 Å². The van der Waals surface area contributed by atoms with E-state index in [1.165, 1.54) is 6.07 Å². The van der Waals surface area contributed by atoms with Crippen molar-refractivity contribution in [2.45, 2.75) is 24.6 Å². The fourth-order valence-corrected chi connectivity index (χ4v) is 4.07. The summed E-state index contributed by atoms with van der Waals surface area (Å²) in [5.41, 5.74) is 2.52. The molecule has 3 rings (SSSR count). The molecule has 1 aliphatic carbocycles. The van der Waals surface area contributed by atoms with Crippen LogP contribution in [-0.4, -0.2) is 13.7 Å². The Morgan fingerprint density at radius 3 is 2.19 bits per heavy atom. The van der Waals surface area contributed by atoms with Crippen molar-refractivity contribution in [1.29, 1.82) is 0 Å². The summed E-state index contributed by atoms with van der Waals surface area (Å²) in [7, 11) is -3.46. The molecule has 1 aliphatic rings. The molecular weight excluding hydrogens is 289 g/mol. The molecular formula is C16H16FNO2S. The molecule has 0 fully saturated rings. The predicted molar refractivity (Wildman–Crippen MR) is 79.8 cm³/mol. The van der Waals surface area contributed by atoms with Crippen LogP contribution in [0.15, 0.2) is 48.5 Å². The van der Waals surface area contributed by atoms with Gasteiger partial charge in [0.15, 0.2) is 0 Å². The van der Waals surface area contributed by atoms with Crippen LogP contribution in [0.5, 0.6) is 0 Å². The highest BCUT2D eigenvalue weighted by Gasteiger charge is 2.31. The van der Waals surface area contributed by atoms with Gasteiger partial charge < -0.3 is 0 Å². The van der Waals surface area contributed by atoms with Crippen LogP contribution in [0.3, 0.4) is 0 Å². The van der Waals surface area contributed by atoms with Gasteiger partial charge in [-0.15, -0.1) is 0 Å². The third-order valence-corrected chi connectivity index (χ3v) is 5.63. The molecule has 21 heavy (non-hydrogen) atoms. The second-order valence-electron chi connectivity index (χ2n) is 5.26. The van der Waals surface area contributed by atoms with E-state index in [1.54, 1.807) is 18.2 Å². The van der Waals surface area contributed by atoms with Crippen molar-refractivity contribution >= 4 is 10.0 Å². The summed E-state index contributed by atoms with van der Waals surface area (Å²) >= 11 is 0. The Morgan fingerprint density at radius 2 is 1.57 bits per heavy atom. The van der Waals surface area contributed by atoms with Gasteiger partial charge in [0.25, 0.3) is 0 Å². The highest BCUT2D eigenvalue weighted by molar-refractivity contribution is 7.90. The van der Waals surface area contributed by atoms with Crippen molar-refractivity contribution in [3.63, 3.8) is 0 Å². The summed E-state index contributed by atoms with van der Waals surface area (Å²) in [5, 5.41) is -0.471. The van der Waals surface area contributed by atoms with Crippen LogP contribution in [0.4, 0.5) is 4.39 Å². The first-order valence-corrected chi connectivity index (χ1v) is 8.39. The Morgan fingerprint density at radius 1 is 1.00 bits per heavy atom. The average Bonchev–Trinajstić information content (AvgIpc) is 2.91. The minimum absolute atomic E-state index is 0.0121. The van der Waals surface area contributed by atoms with Gasteiger partial charge in [-0.25, -0.2) is 17.5 Å². The third kappa shape index (κ3) is 2.99. The van der Waals surface area contributed by atoms with Crippen molar-refractivity contribution in [2.75, 3.05) is 0 Å². The maximum absolute atomic E-state index is 13.5. The van der Waals surface area contributed by atoms with Gasteiger partial charge in [-0.3, -0.25) is 0 Å². The fraction of sp³-hybridized carbons (Fsp3) is 0.250. The zero-order chi connectivity index (χ0) is 14.9. The number of fused-ring (bicyclic) bond motifs is 1. The number of hydrogen-bond acceptors (Lipinski definition) is 2. The number of sulfonamides is 1. The van der Waals surface area contributed by atoms with Gasteiger partial charge in [-0.2, -0.15) is 0 Å². The van der Waals surface area contributed by atoms with E-state index >= 15 is 0 Å². The van der Waals surface area contributed by atoms with E-state index in [0.717, 1.165) is 11.1 Å². The lowest BCUT2D eigenvalue weighted by molar-refractivity contribution is 0.560. The normalized spacial score (nSPS) is 15.1. The molecule has 0 saturated heterocycles. The Hall–Kier alpha value is -1.72. The number of hydrogen-bond donors (Lipinski definition) is 1. The van der Waals surface area contributed by atoms with Gasteiger partial charge >= 0.3 is 0 Å². The quantitative estimate of drug-likeness (QED) is 0.943. The van der Waals surface area contributed by atoms with E-state index in [-0.39, 0.29) is 6.54 Å². The van der Waals surface area contributed by atoms with E-state index in [1.807, 2.05) is 24.3 Å². The first-order valence-electron chi connectivity index (χ1n) is 6.85. The van der Waals surface area contributed by atoms with Gasteiger partial charge in [-0.1, -0.05) is 42.5 Å². The van der Waals surface area contributed by atoms with Gasteiger partial charge in [0.2, 0.25) is 10.0 Å². The van der Waals surface area contributed by atoms with Crippen LogP contribution < -0.4 is 4.72 Å². The standard InChI is InChI=1S/C16H16FNO2S/c17-16-8-4-3-7-14(16)11-18-21(19,20)15-9-12-5-1-2-6-13(12)10-15/h1-8,15,18H,9-11H2. The third-order valence-electron chi connectivity index (χ3n) is 3.87. The van der Waals surface area contributed by atoms with Crippen molar-refractivity contribution in [3.8, 4) is 0 Å². The van der Waals surface area contributed by atoms with Gasteiger partial charge in [-0.05, 0) is 30.0 Å². The van der Waals surface area contributed by atoms with Gasteiger partial charge in [0, 0.05) is 12.1 Å². The molecule has 110 valence electrons. The second kappa shape index (κ2) is 5.58. The molecule has 0 spiro atoms. The highest BCUT2D eigenvalue weighted by atomic mass is 32.2. The molecule has 0 unspecified atom stereocenters. The SMILES string of the molecule is O=S(=O)(NCc1ccccc1F)C1Cc2ccccc2C1. The molecule has 3 nitrogen and oxygen atoms in total. The summed E-state index contributed by atoms with van der Waals surface area (Å²) in [6.45, 7) is -0.0121. The molecule has 0 heterocycles. The number of rotatable bonds is 4. The molecule has 0 radical (unpaired) electrons. The summed E-state index contributed by atoms with van der Waals surface area (Å²) in [6, 6.07) is 13.9. The Bertz CT molecular complexity index is 733. The van der Waals surface area contributed by atoms with Crippen LogP contribution in [0.2, 0.25) is 0 Å². The molecule has 2 aromatic rings. The van der Waals surface area contributed by atoms with E-state index in [2.05, 4.69) is 4.72 Å². The average molecular weight is 305 g/mol. The molecule has 5 heteroatoms. The molecule has 2 aromatic carbocycles. The van der Waals surface area contributed by atoms with E-state index < -0.39 is 21.1 Å². The summed E-state index contributed by atoms with van der Waals surface area (Å²) in [6.07, 6.45) is 1.03. The van der Waals surface area contributed by atoms with Gasteiger partial charge in [0.05, 0.1) is 5.25 Å². The van der Waals surface area contributed by atoms with E-state index in [0.29, 0.717) is 18.4 Å². The number of nitrogens with one attached hydrogen (secondary N) is 1. The smallest absolute Gasteiger partial charge is 0.212 e.